The maximum absolute atomic E-state index is 11.8. The van der Waals surface area contributed by atoms with E-state index in [1.807, 2.05) is 0 Å². The minimum absolute atomic E-state index is 0.0882. The van der Waals surface area contributed by atoms with Crippen LogP contribution in [0, 0.1) is 11.8 Å². The van der Waals surface area contributed by atoms with Gasteiger partial charge in [0.15, 0.2) is 0 Å². The van der Waals surface area contributed by atoms with Gasteiger partial charge in [0.2, 0.25) is 5.91 Å². The van der Waals surface area contributed by atoms with Gasteiger partial charge in [0.25, 0.3) is 0 Å². The second-order valence-electron chi connectivity index (χ2n) is 4.87. The fraction of sp³-hybridized carbons (Fsp3) is 0.917. The monoisotopic (exact) mass is 226 g/mol. The van der Waals surface area contributed by atoms with Crippen molar-refractivity contribution >= 4 is 5.91 Å². The van der Waals surface area contributed by atoms with E-state index in [9.17, 15) is 4.79 Å². The first kappa shape index (κ1) is 11.9. The quantitative estimate of drug-likeness (QED) is 0.738. The molecule has 0 bridgehead atoms. The molecule has 2 N–H and O–H groups in total. The van der Waals surface area contributed by atoms with E-state index in [1.54, 1.807) is 0 Å². The molecule has 2 aliphatic rings. The van der Waals surface area contributed by atoms with E-state index in [1.165, 1.54) is 12.8 Å². The van der Waals surface area contributed by atoms with Crippen LogP contribution in [0.25, 0.3) is 0 Å². The normalized spacial score (nSPS) is 31.0. The first-order chi connectivity index (χ1) is 7.86. The number of carbonyl (C=O) groups excluding carboxylic acids is 1. The maximum atomic E-state index is 11.8. The van der Waals surface area contributed by atoms with Crippen molar-refractivity contribution < 1.29 is 9.53 Å². The summed E-state index contributed by atoms with van der Waals surface area (Å²) >= 11 is 0. The largest absolute Gasteiger partial charge is 0.381 e. The molecule has 0 aromatic rings. The molecule has 0 saturated carbocycles. The fourth-order valence-electron chi connectivity index (χ4n) is 2.43. The maximum Gasteiger partial charge on any atom is 0.225 e. The third kappa shape index (κ3) is 3.46. The first-order valence-corrected chi connectivity index (χ1v) is 6.42. The zero-order valence-corrected chi connectivity index (χ0v) is 9.84. The van der Waals surface area contributed by atoms with E-state index < -0.39 is 0 Å². The van der Waals surface area contributed by atoms with Crippen molar-refractivity contribution in [3.8, 4) is 0 Å². The van der Waals surface area contributed by atoms with Crippen LogP contribution in [-0.4, -0.2) is 38.8 Å². The number of ether oxygens (including phenoxy) is 1. The zero-order chi connectivity index (χ0) is 11.2. The lowest BCUT2D eigenvalue weighted by Crippen LogP contribution is -2.41. The summed E-state index contributed by atoms with van der Waals surface area (Å²) in [5, 5.41) is 6.43. The molecular weight excluding hydrogens is 204 g/mol. The number of nitrogens with one attached hydrogen (secondary N) is 2. The van der Waals surface area contributed by atoms with Crippen LogP contribution in [0.15, 0.2) is 0 Å². The van der Waals surface area contributed by atoms with Crippen LogP contribution in [0.1, 0.15) is 25.7 Å². The number of carbonyl (C=O) groups is 1. The number of hydrogen-bond acceptors (Lipinski definition) is 3. The van der Waals surface area contributed by atoms with Gasteiger partial charge in [-0.2, -0.15) is 0 Å². The van der Waals surface area contributed by atoms with Crippen molar-refractivity contribution in [2.45, 2.75) is 25.7 Å². The lowest BCUT2D eigenvalue weighted by atomic mass is 9.98. The highest BCUT2D eigenvalue weighted by atomic mass is 16.5. The number of rotatable bonds is 3. The molecule has 2 heterocycles. The van der Waals surface area contributed by atoms with Gasteiger partial charge >= 0.3 is 0 Å². The Morgan fingerprint density at radius 3 is 3.00 bits per heavy atom. The summed E-state index contributed by atoms with van der Waals surface area (Å²) in [7, 11) is 0. The zero-order valence-electron chi connectivity index (χ0n) is 9.84. The van der Waals surface area contributed by atoms with E-state index >= 15 is 0 Å². The second-order valence-corrected chi connectivity index (χ2v) is 4.87. The molecule has 0 aliphatic carbocycles. The van der Waals surface area contributed by atoms with Gasteiger partial charge in [0.1, 0.15) is 0 Å². The van der Waals surface area contributed by atoms with E-state index in [2.05, 4.69) is 10.6 Å². The Morgan fingerprint density at radius 1 is 1.38 bits per heavy atom. The molecule has 0 aromatic heterocycles. The van der Waals surface area contributed by atoms with Gasteiger partial charge in [-0.1, -0.05) is 0 Å². The summed E-state index contributed by atoms with van der Waals surface area (Å²) in [5.74, 6) is 0.887. The lowest BCUT2D eigenvalue weighted by molar-refractivity contribution is -0.129. The Labute approximate surface area is 97.1 Å². The molecule has 2 fully saturated rings. The predicted molar refractivity (Wildman–Crippen MR) is 62.1 cm³/mol. The van der Waals surface area contributed by atoms with Crippen molar-refractivity contribution in [3.05, 3.63) is 0 Å². The summed E-state index contributed by atoms with van der Waals surface area (Å²) in [6.07, 6.45) is 4.46. The molecule has 2 atom stereocenters. The Bertz CT molecular complexity index is 221. The fourth-order valence-corrected chi connectivity index (χ4v) is 2.43. The molecule has 92 valence electrons. The first-order valence-electron chi connectivity index (χ1n) is 6.42. The second kappa shape index (κ2) is 6.21. The standard InChI is InChI=1S/C12H22N2O2/c15-12(11-4-2-6-16-9-11)14-8-10-3-1-5-13-7-10/h10-11,13H,1-9H2,(H,14,15). The summed E-state index contributed by atoms with van der Waals surface area (Å²) in [5.41, 5.74) is 0. The number of piperidine rings is 1. The molecule has 0 aromatic carbocycles. The molecule has 4 heteroatoms. The van der Waals surface area contributed by atoms with Gasteiger partial charge in [-0.25, -0.2) is 0 Å². The smallest absolute Gasteiger partial charge is 0.225 e. The minimum Gasteiger partial charge on any atom is -0.381 e. The molecule has 16 heavy (non-hydrogen) atoms. The van der Waals surface area contributed by atoms with Crippen LogP contribution in [0.3, 0.4) is 0 Å². The minimum atomic E-state index is 0.0882. The van der Waals surface area contributed by atoms with Gasteiger partial charge in [0, 0.05) is 13.2 Å². The SMILES string of the molecule is O=C(NCC1CCCNC1)C1CCCOC1. The summed E-state index contributed by atoms with van der Waals surface area (Å²) < 4.78 is 5.32. The highest BCUT2D eigenvalue weighted by Gasteiger charge is 2.22. The van der Waals surface area contributed by atoms with Gasteiger partial charge in [-0.3, -0.25) is 4.79 Å². The number of hydrogen-bond donors (Lipinski definition) is 2. The topological polar surface area (TPSA) is 50.4 Å². The van der Waals surface area contributed by atoms with Crippen LogP contribution in [0.4, 0.5) is 0 Å². The van der Waals surface area contributed by atoms with Crippen molar-refractivity contribution in [1.29, 1.82) is 0 Å². The van der Waals surface area contributed by atoms with E-state index in [0.717, 1.165) is 39.1 Å². The number of amides is 1. The van der Waals surface area contributed by atoms with E-state index in [0.29, 0.717) is 12.5 Å². The van der Waals surface area contributed by atoms with Gasteiger partial charge in [-0.05, 0) is 44.7 Å². The summed E-state index contributed by atoms with van der Waals surface area (Å²) in [6, 6.07) is 0. The van der Waals surface area contributed by atoms with Gasteiger partial charge < -0.3 is 15.4 Å². The molecular formula is C12H22N2O2. The van der Waals surface area contributed by atoms with Crippen molar-refractivity contribution in [3.63, 3.8) is 0 Å². The molecule has 2 saturated heterocycles. The summed E-state index contributed by atoms with van der Waals surface area (Å²) in [6.45, 7) is 4.41. The van der Waals surface area contributed by atoms with E-state index in [4.69, 9.17) is 4.74 Å². The molecule has 2 rings (SSSR count). The van der Waals surface area contributed by atoms with Crippen LogP contribution in [0.5, 0.6) is 0 Å². The van der Waals surface area contributed by atoms with Crippen LogP contribution < -0.4 is 10.6 Å². The van der Waals surface area contributed by atoms with Crippen molar-refractivity contribution in [2.24, 2.45) is 11.8 Å². The highest BCUT2D eigenvalue weighted by Crippen LogP contribution is 2.14. The van der Waals surface area contributed by atoms with Crippen molar-refractivity contribution in [2.75, 3.05) is 32.8 Å². The van der Waals surface area contributed by atoms with Crippen LogP contribution >= 0.6 is 0 Å². The average molecular weight is 226 g/mol. The van der Waals surface area contributed by atoms with Gasteiger partial charge in [0.05, 0.1) is 12.5 Å². The third-order valence-corrected chi connectivity index (χ3v) is 3.49. The Morgan fingerprint density at radius 2 is 2.31 bits per heavy atom. The van der Waals surface area contributed by atoms with Crippen LogP contribution in [-0.2, 0) is 9.53 Å². The third-order valence-electron chi connectivity index (χ3n) is 3.49. The molecule has 4 nitrogen and oxygen atoms in total. The highest BCUT2D eigenvalue weighted by molar-refractivity contribution is 5.78. The van der Waals surface area contributed by atoms with Crippen LogP contribution in [0.2, 0.25) is 0 Å². The molecule has 2 aliphatic heterocycles. The van der Waals surface area contributed by atoms with Gasteiger partial charge in [-0.15, -0.1) is 0 Å². The summed E-state index contributed by atoms with van der Waals surface area (Å²) in [4.78, 5) is 11.8. The van der Waals surface area contributed by atoms with Crippen molar-refractivity contribution in [1.82, 2.24) is 10.6 Å². The molecule has 0 radical (unpaired) electrons. The van der Waals surface area contributed by atoms with E-state index in [-0.39, 0.29) is 11.8 Å². The Hall–Kier alpha value is -0.610. The average Bonchev–Trinajstić information content (AvgIpc) is 2.38. The predicted octanol–water partition coefficient (Wildman–Crippen LogP) is 0.529. The Kier molecular flexibility index (Phi) is 4.60. The molecule has 2 unspecified atom stereocenters. The molecule has 0 spiro atoms. The Balaban J connectivity index is 1.65. The lowest BCUT2D eigenvalue weighted by Gasteiger charge is -2.25. The molecule has 1 amide bonds.